The fourth-order valence-corrected chi connectivity index (χ4v) is 2.25. The van der Waals surface area contributed by atoms with Gasteiger partial charge in [-0.2, -0.15) is 0 Å². The monoisotopic (exact) mass is 183 g/mol. The molecule has 0 aliphatic rings. The van der Waals surface area contributed by atoms with Crippen LogP contribution in [0.25, 0.3) is 0 Å². The fourth-order valence-electron chi connectivity index (χ4n) is 0.417. The summed E-state index contributed by atoms with van der Waals surface area (Å²) in [7, 11) is -2.30. The molecule has 0 rings (SSSR count). The standard InChI is InChI=1S/C5H13NO2S2/c1-5(2,3)6-10(7,8)9-4/h6H,1-4H3. The van der Waals surface area contributed by atoms with Crippen molar-refractivity contribution in [2.24, 2.45) is 0 Å². The third kappa shape index (κ3) is 5.08. The zero-order chi connectivity index (χ0) is 8.41. The molecule has 5 heteroatoms. The molecule has 0 heterocycles. The lowest BCUT2D eigenvalue weighted by Gasteiger charge is -2.18. The van der Waals surface area contributed by atoms with E-state index in [2.05, 4.69) is 4.72 Å². The van der Waals surface area contributed by atoms with Gasteiger partial charge in [0.1, 0.15) is 0 Å². The van der Waals surface area contributed by atoms with Crippen LogP contribution in [-0.2, 0) is 9.06 Å². The average Bonchev–Trinajstić information content (AvgIpc) is 1.60. The van der Waals surface area contributed by atoms with Crippen LogP contribution in [0.2, 0.25) is 0 Å². The molecule has 0 aliphatic heterocycles. The molecule has 0 atom stereocenters. The summed E-state index contributed by atoms with van der Waals surface area (Å²) in [5, 5.41) is 0. The van der Waals surface area contributed by atoms with Crippen molar-refractivity contribution in [1.82, 2.24) is 4.72 Å². The largest absolute Gasteiger partial charge is 0.265 e. The topological polar surface area (TPSA) is 46.2 Å². The van der Waals surface area contributed by atoms with Gasteiger partial charge in [-0.25, -0.2) is 13.1 Å². The van der Waals surface area contributed by atoms with Gasteiger partial charge in [-0.3, -0.25) is 0 Å². The molecular formula is C5H13NO2S2. The Balaban J connectivity index is 4.18. The van der Waals surface area contributed by atoms with Gasteiger partial charge in [-0.05, 0) is 37.8 Å². The maximum Gasteiger partial charge on any atom is 0.265 e. The number of rotatable bonds is 2. The first-order valence-electron chi connectivity index (χ1n) is 2.86. The van der Waals surface area contributed by atoms with E-state index in [1.54, 1.807) is 20.8 Å². The van der Waals surface area contributed by atoms with Crippen molar-refractivity contribution in [3.8, 4) is 0 Å². The second kappa shape index (κ2) is 3.11. The molecule has 0 saturated heterocycles. The normalized spacial score (nSPS) is 13.6. The maximum absolute atomic E-state index is 10.9. The van der Waals surface area contributed by atoms with Crippen molar-refractivity contribution >= 4 is 19.8 Å². The van der Waals surface area contributed by atoms with Gasteiger partial charge in [0.25, 0.3) is 9.06 Å². The van der Waals surface area contributed by atoms with E-state index in [1.165, 1.54) is 6.26 Å². The van der Waals surface area contributed by atoms with Crippen molar-refractivity contribution in [3.63, 3.8) is 0 Å². The van der Waals surface area contributed by atoms with E-state index in [-0.39, 0.29) is 5.54 Å². The van der Waals surface area contributed by atoms with E-state index in [0.717, 1.165) is 10.8 Å². The summed E-state index contributed by atoms with van der Waals surface area (Å²) in [5.41, 5.74) is -0.373. The summed E-state index contributed by atoms with van der Waals surface area (Å²) < 4.78 is 24.2. The van der Waals surface area contributed by atoms with Gasteiger partial charge in [0.05, 0.1) is 0 Å². The molecule has 0 aromatic rings. The van der Waals surface area contributed by atoms with Crippen molar-refractivity contribution in [2.75, 3.05) is 6.26 Å². The predicted octanol–water partition coefficient (Wildman–Crippen LogP) is 0.982. The third-order valence-corrected chi connectivity index (χ3v) is 3.52. The Bertz CT molecular complexity index is 190. The Labute approximate surface area is 66.0 Å². The molecule has 0 unspecified atom stereocenters. The maximum atomic E-state index is 10.9. The summed E-state index contributed by atoms with van der Waals surface area (Å²) in [5.74, 6) is 0. The molecule has 0 radical (unpaired) electrons. The van der Waals surface area contributed by atoms with Crippen LogP contribution >= 0.6 is 10.8 Å². The molecule has 0 saturated carbocycles. The highest BCUT2D eigenvalue weighted by Crippen LogP contribution is 2.09. The van der Waals surface area contributed by atoms with E-state index in [0.29, 0.717) is 0 Å². The van der Waals surface area contributed by atoms with Crippen LogP contribution in [0.15, 0.2) is 0 Å². The van der Waals surface area contributed by atoms with Gasteiger partial charge in [0, 0.05) is 5.54 Å². The summed E-state index contributed by atoms with van der Waals surface area (Å²) in [6.45, 7) is 5.42. The van der Waals surface area contributed by atoms with Gasteiger partial charge in [-0.1, -0.05) is 0 Å². The first-order valence-corrected chi connectivity index (χ1v) is 6.09. The summed E-state index contributed by atoms with van der Waals surface area (Å²) in [6.07, 6.45) is 1.54. The molecule has 0 aliphatic carbocycles. The van der Waals surface area contributed by atoms with E-state index >= 15 is 0 Å². The minimum absolute atomic E-state index is 0.373. The lowest BCUT2D eigenvalue weighted by molar-refractivity contribution is 0.500. The quantitative estimate of drug-likeness (QED) is 0.649. The Morgan fingerprint density at radius 1 is 1.30 bits per heavy atom. The van der Waals surface area contributed by atoms with E-state index in [1.807, 2.05) is 0 Å². The molecule has 10 heavy (non-hydrogen) atoms. The molecule has 0 fully saturated rings. The molecule has 1 N–H and O–H groups in total. The first kappa shape index (κ1) is 10.3. The number of hydrogen-bond acceptors (Lipinski definition) is 3. The van der Waals surface area contributed by atoms with Crippen molar-refractivity contribution in [1.29, 1.82) is 0 Å². The van der Waals surface area contributed by atoms with Gasteiger partial charge < -0.3 is 0 Å². The highest BCUT2D eigenvalue weighted by Gasteiger charge is 2.17. The first-order chi connectivity index (χ1) is 4.27. The van der Waals surface area contributed by atoms with E-state index in [9.17, 15) is 8.42 Å². The van der Waals surface area contributed by atoms with Crippen LogP contribution in [0.3, 0.4) is 0 Å². The summed E-state index contributed by atoms with van der Waals surface area (Å²) in [6, 6.07) is 0. The SMILES string of the molecule is CSS(=O)(=O)NC(C)(C)C. The van der Waals surface area contributed by atoms with Gasteiger partial charge in [0.15, 0.2) is 0 Å². The second-order valence-electron chi connectivity index (χ2n) is 2.97. The Kier molecular flexibility index (Phi) is 3.19. The highest BCUT2D eigenvalue weighted by atomic mass is 33.1. The fraction of sp³-hybridized carbons (Fsp3) is 1.00. The van der Waals surface area contributed by atoms with Crippen LogP contribution in [0.5, 0.6) is 0 Å². The molecule has 3 nitrogen and oxygen atoms in total. The Morgan fingerprint density at radius 2 is 1.70 bits per heavy atom. The zero-order valence-electron chi connectivity index (χ0n) is 6.63. The van der Waals surface area contributed by atoms with Crippen molar-refractivity contribution in [2.45, 2.75) is 26.3 Å². The van der Waals surface area contributed by atoms with Crippen LogP contribution in [0, 0.1) is 0 Å². The van der Waals surface area contributed by atoms with Gasteiger partial charge in [-0.15, -0.1) is 0 Å². The van der Waals surface area contributed by atoms with E-state index in [4.69, 9.17) is 0 Å². The third-order valence-electron chi connectivity index (χ3n) is 0.651. The van der Waals surface area contributed by atoms with Crippen molar-refractivity contribution in [3.05, 3.63) is 0 Å². The number of hydrogen-bond donors (Lipinski definition) is 1. The molecule has 0 aromatic heterocycles. The Hall–Kier alpha value is 0.260. The van der Waals surface area contributed by atoms with Crippen molar-refractivity contribution < 1.29 is 8.42 Å². The predicted molar refractivity (Wildman–Crippen MR) is 45.3 cm³/mol. The smallest absolute Gasteiger partial charge is 0.201 e. The lowest BCUT2D eigenvalue weighted by atomic mass is 10.1. The second-order valence-corrected chi connectivity index (χ2v) is 6.74. The Morgan fingerprint density at radius 3 is 1.80 bits per heavy atom. The molecule has 0 amide bonds. The molecule has 0 spiro atoms. The lowest BCUT2D eigenvalue weighted by Crippen LogP contribution is -2.38. The zero-order valence-corrected chi connectivity index (χ0v) is 8.27. The number of nitrogens with one attached hydrogen (secondary N) is 1. The van der Waals surface area contributed by atoms with Crippen LogP contribution in [0.1, 0.15) is 20.8 Å². The highest BCUT2D eigenvalue weighted by molar-refractivity contribution is 8.71. The minimum Gasteiger partial charge on any atom is -0.201 e. The summed E-state index contributed by atoms with van der Waals surface area (Å²) >= 11 is 0. The van der Waals surface area contributed by atoms with Crippen LogP contribution in [0.4, 0.5) is 0 Å². The molecular weight excluding hydrogens is 170 g/mol. The van der Waals surface area contributed by atoms with Crippen LogP contribution in [-0.4, -0.2) is 20.2 Å². The van der Waals surface area contributed by atoms with Crippen LogP contribution < -0.4 is 4.72 Å². The summed E-state index contributed by atoms with van der Waals surface area (Å²) in [4.78, 5) is 0. The molecule has 62 valence electrons. The van der Waals surface area contributed by atoms with E-state index < -0.39 is 9.06 Å². The molecule has 0 bridgehead atoms. The molecule has 0 aromatic carbocycles. The minimum atomic E-state index is -3.11. The van der Waals surface area contributed by atoms with Gasteiger partial charge >= 0.3 is 0 Å². The van der Waals surface area contributed by atoms with Gasteiger partial charge in [0.2, 0.25) is 0 Å². The average molecular weight is 183 g/mol.